The molecule has 2 aliphatic rings. The summed E-state index contributed by atoms with van der Waals surface area (Å²) in [5.74, 6) is -1.35. The zero-order chi connectivity index (χ0) is 14.7. The third-order valence-electron chi connectivity index (χ3n) is 4.16. The normalized spacial score (nSPS) is 26.4. The van der Waals surface area contributed by atoms with Gasteiger partial charge in [-0.15, -0.1) is 0 Å². The Kier molecular flexibility index (Phi) is 4.46. The van der Waals surface area contributed by atoms with Crippen LogP contribution in [0.2, 0.25) is 0 Å². The van der Waals surface area contributed by atoms with Gasteiger partial charge in [-0.3, -0.25) is 9.59 Å². The number of piperazine rings is 1. The maximum atomic E-state index is 12.3. The number of hydrogen-bond donors (Lipinski definition) is 1. The number of ether oxygens (including phenoxy) is 1. The van der Waals surface area contributed by atoms with E-state index in [0.29, 0.717) is 45.4 Å². The smallest absolute Gasteiger partial charge is 0.409 e. The van der Waals surface area contributed by atoms with Crippen LogP contribution in [0.15, 0.2) is 0 Å². The number of carbonyl (C=O) groups excluding carboxylic acids is 2. The van der Waals surface area contributed by atoms with Crippen LogP contribution in [0.5, 0.6) is 0 Å². The molecular weight excluding hydrogens is 264 g/mol. The fourth-order valence-corrected chi connectivity index (χ4v) is 2.93. The van der Waals surface area contributed by atoms with E-state index in [-0.39, 0.29) is 23.8 Å². The summed E-state index contributed by atoms with van der Waals surface area (Å²) in [7, 11) is 1.34. The van der Waals surface area contributed by atoms with Gasteiger partial charge in [-0.1, -0.05) is 0 Å². The highest BCUT2D eigenvalue weighted by molar-refractivity contribution is 5.81. The Hall–Kier alpha value is -1.79. The van der Waals surface area contributed by atoms with E-state index in [4.69, 9.17) is 5.11 Å². The first-order chi connectivity index (χ1) is 9.52. The Morgan fingerprint density at radius 2 is 1.55 bits per heavy atom. The molecule has 112 valence electrons. The summed E-state index contributed by atoms with van der Waals surface area (Å²) >= 11 is 0. The number of aliphatic carboxylic acids is 1. The molecular formula is C13H20N2O5. The summed E-state index contributed by atoms with van der Waals surface area (Å²) in [5, 5.41) is 8.96. The molecule has 1 aliphatic carbocycles. The van der Waals surface area contributed by atoms with Crippen LogP contribution in [0.25, 0.3) is 0 Å². The van der Waals surface area contributed by atoms with E-state index in [2.05, 4.69) is 4.74 Å². The van der Waals surface area contributed by atoms with Crippen molar-refractivity contribution < 1.29 is 24.2 Å². The number of carbonyl (C=O) groups is 3. The lowest BCUT2D eigenvalue weighted by Crippen LogP contribution is -2.51. The predicted octanol–water partition coefficient (Wildman–Crippen LogP) is 0.398. The van der Waals surface area contributed by atoms with E-state index < -0.39 is 5.97 Å². The highest BCUT2D eigenvalue weighted by atomic mass is 16.5. The molecule has 0 aromatic carbocycles. The summed E-state index contributed by atoms with van der Waals surface area (Å²) in [6.07, 6.45) is 1.29. The molecule has 2 atom stereocenters. The second kappa shape index (κ2) is 6.11. The predicted molar refractivity (Wildman–Crippen MR) is 69.0 cm³/mol. The van der Waals surface area contributed by atoms with Crippen molar-refractivity contribution >= 4 is 18.0 Å². The Labute approximate surface area is 117 Å². The third kappa shape index (κ3) is 3.02. The van der Waals surface area contributed by atoms with Crippen LogP contribution in [-0.2, 0) is 14.3 Å². The van der Waals surface area contributed by atoms with Gasteiger partial charge in [0, 0.05) is 32.1 Å². The van der Waals surface area contributed by atoms with Crippen molar-refractivity contribution in [3.63, 3.8) is 0 Å². The van der Waals surface area contributed by atoms with Crippen molar-refractivity contribution in [2.45, 2.75) is 19.3 Å². The third-order valence-corrected chi connectivity index (χ3v) is 4.16. The summed E-state index contributed by atoms with van der Waals surface area (Å²) in [6, 6.07) is 0. The van der Waals surface area contributed by atoms with E-state index in [9.17, 15) is 14.4 Å². The van der Waals surface area contributed by atoms with Gasteiger partial charge >= 0.3 is 12.1 Å². The van der Waals surface area contributed by atoms with Crippen molar-refractivity contribution in [1.82, 2.24) is 9.80 Å². The maximum Gasteiger partial charge on any atom is 0.409 e. The molecule has 0 aromatic rings. The molecule has 0 spiro atoms. The molecule has 2 fully saturated rings. The minimum atomic E-state index is -0.809. The molecule has 0 aromatic heterocycles. The van der Waals surface area contributed by atoms with Gasteiger partial charge in [0.15, 0.2) is 0 Å². The van der Waals surface area contributed by atoms with E-state index in [1.54, 1.807) is 9.80 Å². The van der Waals surface area contributed by atoms with Gasteiger partial charge in [-0.25, -0.2) is 4.79 Å². The average molecular weight is 284 g/mol. The molecule has 1 heterocycles. The van der Waals surface area contributed by atoms with Gasteiger partial charge in [0.1, 0.15) is 0 Å². The topological polar surface area (TPSA) is 87.2 Å². The average Bonchev–Trinajstić information content (AvgIpc) is 2.96. The summed E-state index contributed by atoms with van der Waals surface area (Å²) in [5.41, 5.74) is 0. The number of nitrogens with zero attached hydrogens (tertiary/aromatic N) is 2. The first-order valence-electron chi connectivity index (χ1n) is 6.87. The zero-order valence-corrected chi connectivity index (χ0v) is 11.6. The SMILES string of the molecule is COC(=O)N1CCN(C(=O)C2CCC(C(=O)O)C2)CC1. The molecule has 1 aliphatic heterocycles. The van der Waals surface area contributed by atoms with Gasteiger partial charge in [-0.2, -0.15) is 0 Å². The maximum absolute atomic E-state index is 12.3. The minimum absolute atomic E-state index is 0.0262. The summed E-state index contributed by atoms with van der Waals surface area (Å²) < 4.78 is 4.64. The van der Waals surface area contributed by atoms with E-state index in [1.807, 2.05) is 0 Å². The molecule has 2 rings (SSSR count). The molecule has 7 nitrogen and oxygen atoms in total. The van der Waals surface area contributed by atoms with Crippen LogP contribution < -0.4 is 0 Å². The molecule has 1 saturated heterocycles. The van der Waals surface area contributed by atoms with E-state index in [1.165, 1.54) is 7.11 Å². The highest BCUT2D eigenvalue weighted by Gasteiger charge is 2.36. The highest BCUT2D eigenvalue weighted by Crippen LogP contribution is 2.32. The molecule has 7 heteroatoms. The van der Waals surface area contributed by atoms with E-state index in [0.717, 1.165) is 0 Å². The van der Waals surface area contributed by atoms with Crippen LogP contribution >= 0.6 is 0 Å². The Bertz CT molecular complexity index is 404. The lowest BCUT2D eigenvalue weighted by molar-refractivity contribution is -0.142. The van der Waals surface area contributed by atoms with Gasteiger partial charge in [-0.05, 0) is 19.3 Å². The monoisotopic (exact) mass is 284 g/mol. The lowest BCUT2D eigenvalue weighted by atomic mass is 10.0. The van der Waals surface area contributed by atoms with Gasteiger partial charge in [0.25, 0.3) is 0 Å². The van der Waals surface area contributed by atoms with Gasteiger partial charge < -0.3 is 19.6 Å². The van der Waals surface area contributed by atoms with Crippen molar-refractivity contribution in [2.75, 3.05) is 33.3 Å². The quantitative estimate of drug-likeness (QED) is 0.793. The van der Waals surface area contributed by atoms with Crippen LogP contribution in [0.4, 0.5) is 4.79 Å². The largest absolute Gasteiger partial charge is 0.481 e. The summed E-state index contributed by atoms with van der Waals surface area (Å²) in [6.45, 7) is 1.91. The number of methoxy groups -OCH3 is 1. The number of carboxylic acids is 1. The number of carboxylic acid groups (broad SMARTS) is 1. The molecule has 0 bridgehead atoms. The van der Waals surface area contributed by atoms with Crippen LogP contribution in [0.3, 0.4) is 0 Å². The molecule has 2 unspecified atom stereocenters. The molecule has 2 amide bonds. The van der Waals surface area contributed by atoms with Crippen molar-refractivity contribution in [3.8, 4) is 0 Å². The first kappa shape index (κ1) is 14.6. The van der Waals surface area contributed by atoms with Gasteiger partial charge in [0.05, 0.1) is 13.0 Å². The Morgan fingerprint density at radius 3 is 2.05 bits per heavy atom. The van der Waals surface area contributed by atoms with Crippen LogP contribution in [-0.4, -0.2) is 66.2 Å². The first-order valence-corrected chi connectivity index (χ1v) is 6.87. The second-order valence-corrected chi connectivity index (χ2v) is 5.33. The van der Waals surface area contributed by atoms with Gasteiger partial charge in [0.2, 0.25) is 5.91 Å². The van der Waals surface area contributed by atoms with Crippen molar-refractivity contribution in [3.05, 3.63) is 0 Å². The van der Waals surface area contributed by atoms with E-state index >= 15 is 0 Å². The van der Waals surface area contributed by atoms with Crippen LogP contribution in [0.1, 0.15) is 19.3 Å². The molecule has 1 saturated carbocycles. The number of amides is 2. The number of rotatable bonds is 2. The van der Waals surface area contributed by atoms with Crippen LogP contribution in [0, 0.1) is 11.8 Å². The van der Waals surface area contributed by atoms with Crippen molar-refractivity contribution in [1.29, 1.82) is 0 Å². The molecule has 1 N–H and O–H groups in total. The zero-order valence-electron chi connectivity index (χ0n) is 11.6. The second-order valence-electron chi connectivity index (χ2n) is 5.33. The fraction of sp³-hybridized carbons (Fsp3) is 0.769. The molecule has 20 heavy (non-hydrogen) atoms. The lowest BCUT2D eigenvalue weighted by Gasteiger charge is -2.35. The molecule has 0 radical (unpaired) electrons. The standard InChI is InChI=1S/C13H20N2O5/c1-20-13(19)15-6-4-14(5-7-15)11(16)9-2-3-10(8-9)12(17)18/h9-10H,2-8H2,1H3,(H,17,18). The number of hydrogen-bond acceptors (Lipinski definition) is 4. The Morgan fingerprint density at radius 1 is 1.00 bits per heavy atom. The fourth-order valence-electron chi connectivity index (χ4n) is 2.93. The Balaban J connectivity index is 1.83. The summed E-state index contributed by atoms with van der Waals surface area (Å²) in [4.78, 5) is 37.9. The minimum Gasteiger partial charge on any atom is -0.481 e. The van der Waals surface area contributed by atoms with Crippen molar-refractivity contribution in [2.24, 2.45) is 11.8 Å².